The molecule has 1 aromatic rings. The van der Waals surface area contributed by atoms with E-state index in [1.54, 1.807) is 18.0 Å². The standard InChI is InChI=1S/C17H19NO2S/c1-4-12(3)15-14(17(19)20-5-2)11-18-16(21-15)13-9-7-6-8-10-13/h6-11H,4-5H2,1-3H3/b15-12-. The van der Waals surface area contributed by atoms with Gasteiger partial charge in [0.2, 0.25) is 0 Å². The minimum atomic E-state index is -0.302. The number of esters is 1. The summed E-state index contributed by atoms with van der Waals surface area (Å²) in [4.78, 5) is 17.5. The Bertz CT molecular complexity index is 615. The van der Waals surface area contributed by atoms with Crippen molar-refractivity contribution in [2.75, 3.05) is 6.61 Å². The summed E-state index contributed by atoms with van der Waals surface area (Å²) < 4.78 is 5.12. The minimum Gasteiger partial charge on any atom is -0.462 e. The molecular formula is C17H19NO2S. The van der Waals surface area contributed by atoms with Crippen LogP contribution in [0.4, 0.5) is 0 Å². The number of carbonyl (C=O) groups is 1. The van der Waals surface area contributed by atoms with E-state index >= 15 is 0 Å². The summed E-state index contributed by atoms with van der Waals surface area (Å²) in [7, 11) is 0. The molecule has 0 radical (unpaired) electrons. The van der Waals surface area contributed by atoms with E-state index in [9.17, 15) is 4.79 Å². The first-order valence-corrected chi connectivity index (χ1v) is 7.87. The van der Waals surface area contributed by atoms with Crippen molar-refractivity contribution in [3.8, 4) is 0 Å². The van der Waals surface area contributed by atoms with Gasteiger partial charge < -0.3 is 4.74 Å². The monoisotopic (exact) mass is 301 g/mol. The van der Waals surface area contributed by atoms with E-state index in [2.05, 4.69) is 11.9 Å². The van der Waals surface area contributed by atoms with Gasteiger partial charge in [-0.25, -0.2) is 9.79 Å². The van der Waals surface area contributed by atoms with Crippen molar-refractivity contribution in [2.24, 2.45) is 4.99 Å². The first-order valence-electron chi connectivity index (χ1n) is 7.05. The van der Waals surface area contributed by atoms with E-state index in [0.717, 1.165) is 21.9 Å². The average Bonchev–Trinajstić information content (AvgIpc) is 2.54. The third-order valence-corrected chi connectivity index (χ3v) is 4.50. The Kier molecular flexibility index (Phi) is 5.39. The topological polar surface area (TPSA) is 38.7 Å². The van der Waals surface area contributed by atoms with Gasteiger partial charge in [0.25, 0.3) is 0 Å². The lowest BCUT2D eigenvalue weighted by Crippen LogP contribution is -2.13. The first-order chi connectivity index (χ1) is 10.2. The fraction of sp³-hybridized carbons (Fsp3) is 0.294. The molecule has 0 aromatic heterocycles. The maximum absolute atomic E-state index is 12.1. The van der Waals surface area contributed by atoms with Crippen molar-refractivity contribution in [3.05, 3.63) is 58.1 Å². The summed E-state index contributed by atoms with van der Waals surface area (Å²) >= 11 is 1.54. The number of hydrogen-bond donors (Lipinski definition) is 0. The van der Waals surface area contributed by atoms with E-state index in [-0.39, 0.29) is 5.97 Å². The van der Waals surface area contributed by atoms with Crippen LogP contribution >= 0.6 is 11.8 Å². The Morgan fingerprint density at radius 1 is 1.24 bits per heavy atom. The molecule has 0 unspecified atom stereocenters. The molecular weight excluding hydrogens is 282 g/mol. The third-order valence-electron chi connectivity index (χ3n) is 3.19. The van der Waals surface area contributed by atoms with Crippen LogP contribution in [0.1, 0.15) is 32.8 Å². The maximum Gasteiger partial charge on any atom is 0.340 e. The van der Waals surface area contributed by atoms with Crippen LogP contribution in [0, 0.1) is 0 Å². The lowest BCUT2D eigenvalue weighted by molar-refractivity contribution is -0.138. The molecule has 0 spiro atoms. The quantitative estimate of drug-likeness (QED) is 0.778. The number of allylic oxidation sites excluding steroid dienone is 1. The Morgan fingerprint density at radius 3 is 2.57 bits per heavy atom. The van der Waals surface area contributed by atoms with E-state index in [1.807, 2.05) is 44.2 Å². The second-order valence-corrected chi connectivity index (χ2v) is 5.63. The number of nitrogens with zero attached hydrogens (tertiary/aromatic N) is 1. The zero-order valence-corrected chi connectivity index (χ0v) is 13.4. The molecule has 2 rings (SSSR count). The molecule has 0 fully saturated rings. The second kappa shape index (κ2) is 7.27. The summed E-state index contributed by atoms with van der Waals surface area (Å²) in [5.74, 6) is -0.302. The molecule has 110 valence electrons. The molecule has 0 bridgehead atoms. The number of aliphatic imine (C=N–C) groups is 1. The average molecular weight is 301 g/mol. The normalized spacial score (nSPS) is 16.9. The second-order valence-electron chi connectivity index (χ2n) is 4.63. The van der Waals surface area contributed by atoms with Crippen molar-refractivity contribution < 1.29 is 9.53 Å². The van der Waals surface area contributed by atoms with Crippen molar-refractivity contribution in [1.29, 1.82) is 0 Å². The molecule has 0 N–H and O–H groups in total. The van der Waals surface area contributed by atoms with Gasteiger partial charge in [0.05, 0.1) is 12.2 Å². The molecule has 3 nitrogen and oxygen atoms in total. The van der Waals surface area contributed by atoms with Crippen LogP contribution in [0.15, 0.2) is 57.6 Å². The van der Waals surface area contributed by atoms with Gasteiger partial charge in [0, 0.05) is 16.7 Å². The summed E-state index contributed by atoms with van der Waals surface area (Å²) in [5.41, 5.74) is 2.78. The van der Waals surface area contributed by atoms with Gasteiger partial charge in [-0.3, -0.25) is 0 Å². The highest BCUT2D eigenvalue weighted by atomic mass is 32.2. The highest BCUT2D eigenvalue weighted by molar-refractivity contribution is 8.18. The zero-order chi connectivity index (χ0) is 15.2. The highest BCUT2D eigenvalue weighted by Crippen LogP contribution is 2.36. The van der Waals surface area contributed by atoms with Crippen molar-refractivity contribution >= 4 is 22.8 Å². The van der Waals surface area contributed by atoms with Crippen LogP contribution in [-0.2, 0) is 9.53 Å². The Hall–Kier alpha value is -1.81. The Labute approximate surface area is 129 Å². The highest BCUT2D eigenvalue weighted by Gasteiger charge is 2.24. The van der Waals surface area contributed by atoms with E-state index < -0.39 is 0 Å². The predicted octanol–water partition coefficient (Wildman–Crippen LogP) is 4.31. The van der Waals surface area contributed by atoms with Gasteiger partial charge in [-0.05, 0) is 20.3 Å². The lowest BCUT2D eigenvalue weighted by atomic mass is 10.1. The Morgan fingerprint density at radius 2 is 1.95 bits per heavy atom. The molecule has 4 heteroatoms. The van der Waals surface area contributed by atoms with Gasteiger partial charge in [0.15, 0.2) is 0 Å². The predicted molar refractivity (Wildman–Crippen MR) is 88.3 cm³/mol. The number of rotatable bonds is 4. The molecule has 0 saturated carbocycles. The minimum absolute atomic E-state index is 0.302. The van der Waals surface area contributed by atoms with Crippen LogP contribution in [0.2, 0.25) is 0 Å². The van der Waals surface area contributed by atoms with Crippen LogP contribution in [-0.4, -0.2) is 17.6 Å². The van der Waals surface area contributed by atoms with Gasteiger partial charge in [0.1, 0.15) is 5.04 Å². The molecule has 0 amide bonds. The van der Waals surface area contributed by atoms with E-state index in [4.69, 9.17) is 4.74 Å². The molecule has 0 atom stereocenters. The summed E-state index contributed by atoms with van der Waals surface area (Å²) in [6.07, 6.45) is 2.52. The molecule has 0 saturated heterocycles. The van der Waals surface area contributed by atoms with E-state index in [1.165, 1.54) is 5.57 Å². The van der Waals surface area contributed by atoms with Gasteiger partial charge in [-0.2, -0.15) is 0 Å². The summed E-state index contributed by atoms with van der Waals surface area (Å²) in [6.45, 7) is 6.31. The third kappa shape index (κ3) is 3.64. The molecule has 21 heavy (non-hydrogen) atoms. The van der Waals surface area contributed by atoms with Crippen molar-refractivity contribution in [1.82, 2.24) is 0 Å². The number of benzene rings is 1. The zero-order valence-electron chi connectivity index (χ0n) is 12.6. The molecule has 1 aliphatic heterocycles. The van der Waals surface area contributed by atoms with Crippen molar-refractivity contribution in [3.63, 3.8) is 0 Å². The van der Waals surface area contributed by atoms with E-state index in [0.29, 0.717) is 12.2 Å². The number of thioether (sulfide) groups is 1. The maximum atomic E-state index is 12.1. The van der Waals surface area contributed by atoms with Crippen LogP contribution in [0.5, 0.6) is 0 Å². The molecule has 1 aromatic carbocycles. The molecule has 1 heterocycles. The summed E-state index contributed by atoms with van der Waals surface area (Å²) in [6, 6.07) is 9.99. The van der Waals surface area contributed by atoms with Crippen LogP contribution in [0.25, 0.3) is 0 Å². The number of ether oxygens (including phenoxy) is 1. The molecule has 0 aliphatic carbocycles. The van der Waals surface area contributed by atoms with Crippen LogP contribution in [0.3, 0.4) is 0 Å². The number of hydrogen-bond acceptors (Lipinski definition) is 4. The smallest absolute Gasteiger partial charge is 0.340 e. The SMILES string of the molecule is CCOC(=O)C1=CN=C(c2ccccc2)S/C1=C(/C)CC. The van der Waals surface area contributed by atoms with Gasteiger partial charge in [-0.1, -0.05) is 54.6 Å². The Balaban J connectivity index is 2.41. The number of carbonyl (C=O) groups excluding carboxylic acids is 1. The van der Waals surface area contributed by atoms with Crippen molar-refractivity contribution in [2.45, 2.75) is 27.2 Å². The largest absolute Gasteiger partial charge is 0.462 e. The first kappa shape index (κ1) is 15.6. The van der Waals surface area contributed by atoms with Gasteiger partial charge in [-0.15, -0.1) is 0 Å². The van der Waals surface area contributed by atoms with Crippen LogP contribution < -0.4 is 0 Å². The molecule has 1 aliphatic rings. The summed E-state index contributed by atoms with van der Waals surface area (Å²) in [5, 5.41) is 0.909. The van der Waals surface area contributed by atoms with Gasteiger partial charge >= 0.3 is 5.97 Å². The fourth-order valence-electron chi connectivity index (χ4n) is 1.91. The lowest BCUT2D eigenvalue weighted by Gasteiger charge is -2.18. The fourth-order valence-corrected chi connectivity index (χ4v) is 3.02.